The number of aromatic nitrogens is 4. The highest BCUT2D eigenvalue weighted by Gasteiger charge is 2.01. The van der Waals surface area contributed by atoms with Crippen molar-refractivity contribution in [2.45, 2.75) is 13.5 Å². The predicted octanol–water partition coefficient (Wildman–Crippen LogP) is 1.17. The Morgan fingerprint density at radius 3 is 2.82 bits per heavy atom. The van der Waals surface area contributed by atoms with E-state index < -0.39 is 0 Å². The van der Waals surface area contributed by atoms with E-state index in [1.807, 2.05) is 32.3 Å². The Labute approximate surface area is 100 Å². The van der Waals surface area contributed by atoms with Crippen LogP contribution in [0.3, 0.4) is 0 Å². The number of anilines is 2. The summed E-state index contributed by atoms with van der Waals surface area (Å²) in [7, 11) is 3.70. The molecule has 2 aromatic heterocycles. The van der Waals surface area contributed by atoms with Gasteiger partial charge in [0.1, 0.15) is 5.82 Å². The summed E-state index contributed by atoms with van der Waals surface area (Å²) in [6.45, 7) is 2.59. The fourth-order valence-corrected chi connectivity index (χ4v) is 1.51. The van der Waals surface area contributed by atoms with Gasteiger partial charge in [-0.3, -0.25) is 4.68 Å². The molecule has 17 heavy (non-hydrogen) atoms. The monoisotopic (exact) mass is 232 g/mol. The summed E-state index contributed by atoms with van der Waals surface area (Å²) < 4.78 is 1.78. The van der Waals surface area contributed by atoms with Crippen molar-refractivity contribution in [1.29, 1.82) is 0 Å². The van der Waals surface area contributed by atoms with Gasteiger partial charge in [0.05, 0.1) is 12.2 Å². The molecule has 0 bridgehead atoms. The van der Waals surface area contributed by atoms with E-state index in [1.165, 1.54) is 0 Å². The van der Waals surface area contributed by atoms with Crippen molar-refractivity contribution in [1.82, 2.24) is 19.7 Å². The lowest BCUT2D eigenvalue weighted by Crippen LogP contribution is -2.06. The van der Waals surface area contributed by atoms with Crippen molar-refractivity contribution in [3.8, 4) is 0 Å². The quantitative estimate of drug-likeness (QED) is 0.828. The van der Waals surface area contributed by atoms with Crippen molar-refractivity contribution in [2.24, 2.45) is 7.05 Å². The fourth-order valence-electron chi connectivity index (χ4n) is 1.51. The van der Waals surface area contributed by atoms with Crippen LogP contribution in [0, 0.1) is 6.92 Å². The summed E-state index contributed by atoms with van der Waals surface area (Å²) in [5, 5.41) is 10.4. The van der Waals surface area contributed by atoms with Crippen LogP contribution >= 0.6 is 0 Å². The molecule has 0 radical (unpaired) electrons. The number of nitrogens with one attached hydrogen (secondary N) is 2. The second kappa shape index (κ2) is 4.82. The van der Waals surface area contributed by atoms with E-state index in [1.54, 1.807) is 11.7 Å². The van der Waals surface area contributed by atoms with Gasteiger partial charge in [-0.15, -0.1) is 0 Å². The van der Waals surface area contributed by atoms with Crippen LogP contribution in [0.5, 0.6) is 0 Å². The van der Waals surface area contributed by atoms with Gasteiger partial charge < -0.3 is 10.6 Å². The largest absolute Gasteiger partial charge is 0.364 e. The zero-order valence-electron chi connectivity index (χ0n) is 10.2. The Balaban J connectivity index is 2.05. The molecule has 0 amide bonds. The van der Waals surface area contributed by atoms with Gasteiger partial charge in [0, 0.05) is 32.1 Å². The molecule has 0 aromatic carbocycles. The van der Waals surface area contributed by atoms with Crippen LogP contribution in [-0.2, 0) is 13.6 Å². The first-order valence-electron chi connectivity index (χ1n) is 5.43. The van der Waals surface area contributed by atoms with Crippen molar-refractivity contribution in [3.05, 3.63) is 29.7 Å². The van der Waals surface area contributed by atoms with Gasteiger partial charge in [0.15, 0.2) is 0 Å². The highest BCUT2D eigenvalue weighted by atomic mass is 15.3. The molecular formula is C11H16N6. The maximum absolute atomic E-state index is 4.31. The van der Waals surface area contributed by atoms with Crippen LogP contribution in [-0.4, -0.2) is 26.8 Å². The molecule has 2 aromatic rings. The lowest BCUT2D eigenvalue weighted by atomic mass is 10.4. The summed E-state index contributed by atoms with van der Waals surface area (Å²) in [5.41, 5.74) is 1.91. The van der Waals surface area contributed by atoms with E-state index in [-0.39, 0.29) is 0 Å². The summed E-state index contributed by atoms with van der Waals surface area (Å²) in [6, 6.07) is 3.88. The van der Waals surface area contributed by atoms with E-state index in [4.69, 9.17) is 0 Å². The molecule has 0 aliphatic carbocycles. The summed E-state index contributed by atoms with van der Waals surface area (Å²) >= 11 is 0. The van der Waals surface area contributed by atoms with Gasteiger partial charge in [-0.2, -0.15) is 10.1 Å². The van der Waals surface area contributed by atoms with E-state index in [2.05, 4.69) is 25.7 Å². The molecule has 2 heterocycles. The molecule has 0 unspecified atom stereocenters. The number of nitrogens with zero attached hydrogens (tertiary/aromatic N) is 4. The highest BCUT2D eigenvalue weighted by molar-refractivity contribution is 5.42. The third-order valence-corrected chi connectivity index (χ3v) is 2.30. The minimum Gasteiger partial charge on any atom is -0.364 e. The van der Waals surface area contributed by atoms with Crippen LogP contribution in [0.2, 0.25) is 0 Å². The minimum atomic E-state index is 0.619. The second-order valence-corrected chi connectivity index (χ2v) is 3.80. The molecule has 0 aliphatic rings. The molecule has 0 saturated carbocycles. The minimum absolute atomic E-state index is 0.619. The SMILES string of the molecule is CNc1nc(C)cc(NCc2ccn(C)n2)n1. The molecule has 6 nitrogen and oxygen atoms in total. The van der Waals surface area contributed by atoms with Crippen LogP contribution in [0.4, 0.5) is 11.8 Å². The molecule has 0 saturated heterocycles. The Kier molecular flexibility index (Phi) is 3.22. The first kappa shape index (κ1) is 11.4. The third kappa shape index (κ3) is 2.93. The van der Waals surface area contributed by atoms with Crippen molar-refractivity contribution < 1.29 is 0 Å². The molecular weight excluding hydrogens is 216 g/mol. The predicted molar refractivity (Wildman–Crippen MR) is 66.9 cm³/mol. The number of hydrogen-bond acceptors (Lipinski definition) is 5. The number of hydrogen-bond donors (Lipinski definition) is 2. The van der Waals surface area contributed by atoms with E-state index >= 15 is 0 Å². The topological polar surface area (TPSA) is 67.7 Å². The lowest BCUT2D eigenvalue weighted by molar-refractivity contribution is 0.747. The summed E-state index contributed by atoms with van der Waals surface area (Å²) in [6.07, 6.45) is 1.92. The van der Waals surface area contributed by atoms with Gasteiger partial charge in [-0.05, 0) is 13.0 Å². The molecule has 0 aliphatic heterocycles. The summed E-state index contributed by atoms with van der Waals surface area (Å²) in [4.78, 5) is 8.54. The third-order valence-electron chi connectivity index (χ3n) is 2.30. The maximum Gasteiger partial charge on any atom is 0.224 e. The smallest absolute Gasteiger partial charge is 0.224 e. The standard InChI is InChI=1S/C11H16N6/c1-8-6-10(15-11(12-2)14-8)13-7-9-4-5-17(3)16-9/h4-6H,7H2,1-3H3,(H2,12,13,14,15). The zero-order chi connectivity index (χ0) is 12.3. The second-order valence-electron chi connectivity index (χ2n) is 3.80. The van der Waals surface area contributed by atoms with Gasteiger partial charge in [0.25, 0.3) is 0 Å². The molecule has 0 atom stereocenters. The van der Waals surface area contributed by atoms with Crippen molar-refractivity contribution >= 4 is 11.8 Å². The van der Waals surface area contributed by atoms with Gasteiger partial charge in [-0.1, -0.05) is 0 Å². The Hall–Kier alpha value is -2.11. The molecule has 2 N–H and O–H groups in total. The van der Waals surface area contributed by atoms with Gasteiger partial charge in [0.2, 0.25) is 5.95 Å². The van der Waals surface area contributed by atoms with Gasteiger partial charge >= 0.3 is 0 Å². The zero-order valence-corrected chi connectivity index (χ0v) is 10.2. The molecule has 6 heteroatoms. The van der Waals surface area contributed by atoms with E-state index in [0.717, 1.165) is 17.2 Å². The fraction of sp³-hybridized carbons (Fsp3) is 0.364. The van der Waals surface area contributed by atoms with E-state index in [9.17, 15) is 0 Å². The highest BCUT2D eigenvalue weighted by Crippen LogP contribution is 2.10. The van der Waals surface area contributed by atoms with Gasteiger partial charge in [-0.25, -0.2) is 4.98 Å². The summed E-state index contributed by atoms with van der Waals surface area (Å²) in [5.74, 6) is 1.42. The van der Waals surface area contributed by atoms with Crippen LogP contribution in [0.15, 0.2) is 18.3 Å². The molecule has 2 rings (SSSR count). The maximum atomic E-state index is 4.31. The molecule has 0 fully saturated rings. The number of aryl methyl sites for hydroxylation is 2. The average molecular weight is 232 g/mol. The average Bonchev–Trinajstić information content (AvgIpc) is 2.72. The van der Waals surface area contributed by atoms with Crippen molar-refractivity contribution in [2.75, 3.05) is 17.7 Å². The Bertz CT molecular complexity index is 504. The van der Waals surface area contributed by atoms with Crippen LogP contribution < -0.4 is 10.6 Å². The van der Waals surface area contributed by atoms with E-state index in [0.29, 0.717) is 12.5 Å². The lowest BCUT2D eigenvalue weighted by Gasteiger charge is -2.06. The van der Waals surface area contributed by atoms with Crippen LogP contribution in [0.1, 0.15) is 11.4 Å². The number of rotatable bonds is 4. The Morgan fingerprint density at radius 2 is 2.18 bits per heavy atom. The molecule has 90 valence electrons. The first-order chi connectivity index (χ1) is 8.17. The normalized spacial score (nSPS) is 10.3. The van der Waals surface area contributed by atoms with Crippen LogP contribution in [0.25, 0.3) is 0 Å². The van der Waals surface area contributed by atoms with Crippen molar-refractivity contribution in [3.63, 3.8) is 0 Å². The Morgan fingerprint density at radius 1 is 1.35 bits per heavy atom. The molecule has 0 spiro atoms. The first-order valence-corrected chi connectivity index (χ1v) is 5.43.